The molecule has 0 bridgehead atoms. The first-order valence-electron chi connectivity index (χ1n) is 7.54. The number of rotatable bonds is 10. The Bertz CT molecular complexity index is 615. The number of amides is 4. The van der Waals surface area contributed by atoms with Crippen molar-refractivity contribution in [2.75, 3.05) is 33.9 Å². The van der Waals surface area contributed by atoms with Crippen LogP contribution in [0.5, 0.6) is 0 Å². The SMILES string of the molecule is C=C(C)C(=O)NCC(=O)NCC(=O)NCC(=O)NC(C(=O)OC)C(=O)OC. The number of carbonyl (C=O) groups excluding carboxylic acids is 6. The van der Waals surface area contributed by atoms with Crippen LogP contribution in [0.3, 0.4) is 0 Å². The molecule has 0 fully saturated rings. The summed E-state index contributed by atoms with van der Waals surface area (Å²) < 4.78 is 8.71. The van der Waals surface area contributed by atoms with Crippen molar-refractivity contribution < 1.29 is 38.2 Å². The van der Waals surface area contributed by atoms with Gasteiger partial charge >= 0.3 is 11.9 Å². The van der Waals surface area contributed by atoms with Gasteiger partial charge in [-0.3, -0.25) is 19.2 Å². The maximum atomic E-state index is 11.7. The molecule has 0 spiro atoms. The van der Waals surface area contributed by atoms with Crippen LogP contribution in [0.4, 0.5) is 0 Å². The zero-order valence-electron chi connectivity index (χ0n) is 15.2. The first-order valence-corrected chi connectivity index (χ1v) is 7.54. The molecule has 0 unspecified atom stereocenters. The monoisotopic (exact) mass is 386 g/mol. The van der Waals surface area contributed by atoms with Crippen molar-refractivity contribution in [3.05, 3.63) is 12.2 Å². The lowest BCUT2D eigenvalue weighted by atomic mass is 10.3. The van der Waals surface area contributed by atoms with Crippen LogP contribution in [-0.4, -0.2) is 75.5 Å². The summed E-state index contributed by atoms with van der Waals surface area (Å²) in [6.45, 7) is 3.50. The highest BCUT2D eigenvalue weighted by atomic mass is 16.5. The molecular weight excluding hydrogens is 364 g/mol. The van der Waals surface area contributed by atoms with E-state index in [0.29, 0.717) is 0 Å². The zero-order chi connectivity index (χ0) is 21.0. The van der Waals surface area contributed by atoms with E-state index in [4.69, 9.17) is 0 Å². The minimum atomic E-state index is -1.67. The first kappa shape index (κ1) is 23.6. The third kappa shape index (κ3) is 9.57. The van der Waals surface area contributed by atoms with Gasteiger partial charge in [0, 0.05) is 5.57 Å². The minimum Gasteiger partial charge on any atom is -0.467 e. The molecule has 0 atom stereocenters. The standard InChI is InChI=1S/C15H22N4O8/c1-8(2)13(23)18-6-10(21)16-5-9(20)17-7-11(22)19-12(14(24)26-3)15(25)27-4/h12H,1,5-7H2,2-4H3,(H,16,21)(H,17,20)(H,18,23)(H,19,22). The first-order chi connectivity index (χ1) is 12.6. The number of hydrogen-bond donors (Lipinski definition) is 4. The third-order valence-corrected chi connectivity index (χ3v) is 2.87. The second kappa shape index (κ2) is 12.0. The number of ether oxygens (including phenoxy) is 2. The predicted octanol–water partition coefficient (Wildman–Crippen LogP) is -3.26. The molecule has 0 aromatic carbocycles. The number of carbonyl (C=O) groups is 6. The molecule has 27 heavy (non-hydrogen) atoms. The van der Waals surface area contributed by atoms with Gasteiger partial charge in [-0.05, 0) is 6.92 Å². The van der Waals surface area contributed by atoms with Gasteiger partial charge in [0.1, 0.15) is 0 Å². The van der Waals surface area contributed by atoms with Gasteiger partial charge in [0.25, 0.3) is 0 Å². The second-order valence-corrected chi connectivity index (χ2v) is 5.06. The van der Waals surface area contributed by atoms with Crippen molar-refractivity contribution in [2.45, 2.75) is 13.0 Å². The molecule has 4 amide bonds. The minimum absolute atomic E-state index is 0.226. The van der Waals surface area contributed by atoms with E-state index in [1.54, 1.807) is 0 Å². The summed E-state index contributed by atoms with van der Waals surface area (Å²) >= 11 is 0. The predicted molar refractivity (Wildman–Crippen MR) is 89.8 cm³/mol. The topological polar surface area (TPSA) is 169 Å². The quantitative estimate of drug-likeness (QED) is 0.172. The van der Waals surface area contributed by atoms with Crippen molar-refractivity contribution in [2.24, 2.45) is 0 Å². The summed E-state index contributed by atoms with van der Waals surface area (Å²) in [5.41, 5.74) is 0.226. The van der Waals surface area contributed by atoms with Crippen LogP contribution in [-0.2, 0) is 38.2 Å². The Kier molecular flexibility index (Phi) is 10.5. The molecule has 0 aromatic rings. The average molecular weight is 386 g/mol. The Morgan fingerprint density at radius 2 is 1.19 bits per heavy atom. The number of hydrogen-bond acceptors (Lipinski definition) is 8. The summed E-state index contributed by atoms with van der Waals surface area (Å²) in [4.78, 5) is 68.7. The highest BCUT2D eigenvalue weighted by molar-refractivity contribution is 6.03. The van der Waals surface area contributed by atoms with Gasteiger partial charge in [-0.25, -0.2) is 9.59 Å². The molecule has 0 aliphatic carbocycles. The fourth-order valence-corrected chi connectivity index (χ4v) is 1.46. The molecule has 150 valence electrons. The Hall–Kier alpha value is -3.44. The van der Waals surface area contributed by atoms with Gasteiger partial charge in [0.15, 0.2) is 0 Å². The van der Waals surface area contributed by atoms with Gasteiger partial charge < -0.3 is 30.7 Å². The van der Waals surface area contributed by atoms with Gasteiger partial charge in [-0.2, -0.15) is 0 Å². The lowest BCUT2D eigenvalue weighted by molar-refractivity contribution is -0.156. The summed E-state index contributed by atoms with van der Waals surface area (Å²) in [5, 5.41) is 8.70. The van der Waals surface area contributed by atoms with Crippen LogP contribution in [0.2, 0.25) is 0 Å². The maximum Gasteiger partial charge on any atom is 0.340 e. The molecule has 0 aliphatic heterocycles. The summed E-state index contributed by atoms with van der Waals surface area (Å²) in [5.74, 6) is -4.77. The van der Waals surface area contributed by atoms with Crippen LogP contribution in [0.15, 0.2) is 12.2 Å². The molecule has 12 heteroatoms. The highest BCUT2D eigenvalue weighted by Crippen LogP contribution is 1.92. The average Bonchev–Trinajstić information content (AvgIpc) is 2.65. The van der Waals surface area contributed by atoms with Crippen molar-refractivity contribution in [3.8, 4) is 0 Å². The lowest BCUT2D eigenvalue weighted by Crippen LogP contribution is -2.51. The summed E-state index contributed by atoms with van der Waals surface area (Å²) in [6.07, 6.45) is 0. The Balaban J connectivity index is 4.26. The second-order valence-electron chi connectivity index (χ2n) is 5.06. The van der Waals surface area contributed by atoms with Gasteiger partial charge in [0.2, 0.25) is 29.7 Å². The van der Waals surface area contributed by atoms with Crippen LogP contribution in [0, 0.1) is 0 Å². The van der Waals surface area contributed by atoms with Crippen molar-refractivity contribution >= 4 is 35.6 Å². The van der Waals surface area contributed by atoms with Crippen LogP contribution >= 0.6 is 0 Å². The Morgan fingerprint density at radius 3 is 1.59 bits per heavy atom. The third-order valence-electron chi connectivity index (χ3n) is 2.87. The largest absolute Gasteiger partial charge is 0.467 e. The van der Waals surface area contributed by atoms with Gasteiger partial charge in [-0.15, -0.1) is 0 Å². The molecule has 12 nitrogen and oxygen atoms in total. The van der Waals surface area contributed by atoms with E-state index >= 15 is 0 Å². The number of esters is 2. The van der Waals surface area contributed by atoms with E-state index in [0.717, 1.165) is 14.2 Å². The van der Waals surface area contributed by atoms with Crippen LogP contribution in [0.1, 0.15) is 6.92 Å². The number of methoxy groups -OCH3 is 2. The Morgan fingerprint density at radius 1 is 0.778 bits per heavy atom. The molecule has 0 heterocycles. The smallest absolute Gasteiger partial charge is 0.340 e. The molecule has 4 N–H and O–H groups in total. The van der Waals surface area contributed by atoms with E-state index in [-0.39, 0.29) is 12.1 Å². The molecule has 0 aliphatic rings. The molecule has 0 saturated carbocycles. The molecular formula is C15H22N4O8. The fraction of sp³-hybridized carbons (Fsp3) is 0.467. The van der Waals surface area contributed by atoms with E-state index < -0.39 is 54.7 Å². The van der Waals surface area contributed by atoms with E-state index in [9.17, 15) is 28.8 Å². The highest BCUT2D eigenvalue weighted by Gasteiger charge is 2.30. The van der Waals surface area contributed by atoms with Crippen molar-refractivity contribution in [3.63, 3.8) is 0 Å². The lowest BCUT2D eigenvalue weighted by Gasteiger charge is -2.14. The van der Waals surface area contributed by atoms with Crippen LogP contribution in [0.25, 0.3) is 0 Å². The summed E-state index contributed by atoms with van der Waals surface area (Å²) in [7, 11) is 2.04. The van der Waals surface area contributed by atoms with Crippen LogP contribution < -0.4 is 21.3 Å². The van der Waals surface area contributed by atoms with E-state index in [2.05, 4.69) is 32.0 Å². The zero-order valence-corrected chi connectivity index (χ0v) is 15.2. The molecule has 0 saturated heterocycles. The maximum absolute atomic E-state index is 11.7. The number of nitrogens with one attached hydrogen (secondary N) is 4. The van der Waals surface area contributed by atoms with Gasteiger partial charge in [0.05, 0.1) is 33.9 Å². The van der Waals surface area contributed by atoms with Crippen molar-refractivity contribution in [1.82, 2.24) is 21.3 Å². The van der Waals surface area contributed by atoms with E-state index in [1.165, 1.54) is 6.92 Å². The van der Waals surface area contributed by atoms with Crippen molar-refractivity contribution in [1.29, 1.82) is 0 Å². The Labute approximate surface area is 155 Å². The molecule has 0 rings (SSSR count). The summed E-state index contributed by atoms with van der Waals surface area (Å²) in [6, 6.07) is -1.67. The molecule has 0 aromatic heterocycles. The van der Waals surface area contributed by atoms with Gasteiger partial charge in [-0.1, -0.05) is 6.58 Å². The fourth-order valence-electron chi connectivity index (χ4n) is 1.46. The van der Waals surface area contributed by atoms with E-state index in [1.807, 2.05) is 5.32 Å². The normalized spacial score (nSPS) is 9.63. The molecule has 0 radical (unpaired) electrons.